The zero-order valence-corrected chi connectivity index (χ0v) is 44.9. The Labute approximate surface area is 416 Å². The smallest absolute Gasteiger partial charge is 0.259 e. The molecule has 1 N–H and O–H groups in total. The lowest BCUT2D eigenvalue weighted by Gasteiger charge is -2.42. The van der Waals surface area contributed by atoms with Crippen molar-refractivity contribution in [3.05, 3.63) is 108 Å². The molecule has 0 saturated carbocycles. The molecule has 3 heterocycles. The third-order valence-electron chi connectivity index (χ3n) is 13.0. The topological polar surface area (TPSA) is 174 Å². The highest BCUT2D eigenvalue weighted by molar-refractivity contribution is 7.44. The Hall–Kier alpha value is -4.86. The standard InChI is InChI=1S/C52H72N7O9PSi/c1-34(2)59(35(3)4)69(65-29-17-28-53)68-47-45(30-64-52(40-18-15-14-16-19-40,41-20-24-43(61-12)25-21-41)42-22-26-44(62-13)27-23-42)67-51(48(47)63-33-66-70(36(5)6,37(7)8)38(9)10)58-32-56-46-49(57-39(11)60)54-31-55-50(46)58/h14-16,18-27,31-32,34-38,45,47-48,51H,17,29-30,33H2,1-13H3,(H,54,55,57,60)/t45-,47-,48-,51-,69?/m1/s1. The summed E-state index contributed by atoms with van der Waals surface area (Å²) < 4.78 is 58.2. The number of nitriles is 1. The number of imidazole rings is 1. The lowest BCUT2D eigenvalue weighted by Crippen LogP contribution is -2.49. The monoisotopic (exact) mass is 997 g/mol. The number of hydrogen-bond donors (Lipinski definition) is 1. The minimum absolute atomic E-state index is 0.00387. The number of carbonyl (C=O) groups excluding carboxylic acids is 1. The fourth-order valence-corrected chi connectivity index (χ4v) is 17.1. The fourth-order valence-electron chi connectivity index (χ4n) is 10.1. The van der Waals surface area contributed by atoms with Crippen LogP contribution in [0.3, 0.4) is 0 Å². The molecule has 6 rings (SSSR count). The highest BCUT2D eigenvalue weighted by Gasteiger charge is 2.53. The van der Waals surface area contributed by atoms with Crippen LogP contribution in [0.2, 0.25) is 16.6 Å². The molecule has 1 fully saturated rings. The molecule has 1 aliphatic heterocycles. The summed E-state index contributed by atoms with van der Waals surface area (Å²) in [5.41, 5.74) is 2.97. The Balaban J connectivity index is 1.56. The first-order chi connectivity index (χ1) is 33.5. The second kappa shape index (κ2) is 24.5. The zero-order valence-electron chi connectivity index (χ0n) is 43.0. The van der Waals surface area contributed by atoms with Gasteiger partial charge in [0, 0.05) is 19.0 Å². The van der Waals surface area contributed by atoms with Gasteiger partial charge in [0.05, 0.1) is 46.3 Å². The van der Waals surface area contributed by atoms with Gasteiger partial charge in [-0.15, -0.1) is 0 Å². The van der Waals surface area contributed by atoms with Gasteiger partial charge in [-0.3, -0.25) is 9.36 Å². The highest BCUT2D eigenvalue weighted by Crippen LogP contribution is 2.52. The zero-order chi connectivity index (χ0) is 50.8. The van der Waals surface area contributed by atoms with Crippen molar-refractivity contribution >= 4 is 39.7 Å². The van der Waals surface area contributed by atoms with E-state index in [4.69, 9.17) is 42.1 Å². The van der Waals surface area contributed by atoms with E-state index < -0.39 is 47.0 Å². The molecule has 1 amide bonds. The van der Waals surface area contributed by atoms with Crippen LogP contribution in [0.15, 0.2) is 91.5 Å². The van der Waals surface area contributed by atoms with Gasteiger partial charge >= 0.3 is 0 Å². The van der Waals surface area contributed by atoms with E-state index in [0.717, 1.165) is 16.7 Å². The van der Waals surface area contributed by atoms with E-state index in [1.807, 2.05) is 78.9 Å². The number of fused-ring (bicyclic) bond motifs is 1. The van der Waals surface area contributed by atoms with E-state index >= 15 is 0 Å². The maximum Gasteiger partial charge on any atom is 0.259 e. The van der Waals surface area contributed by atoms with Crippen molar-refractivity contribution in [3.63, 3.8) is 0 Å². The van der Waals surface area contributed by atoms with E-state index in [-0.39, 0.29) is 66.9 Å². The molecule has 1 saturated heterocycles. The number of hydrogen-bond acceptors (Lipinski definition) is 14. The predicted octanol–water partition coefficient (Wildman–Crippen LogP) is 10.9. The number of benzene rings is 3. The average Bonchev–Trinajstić information content (AvgIpc) is 3.92. The summed E-state index contributed by atoms with van der Waals surface area (Å²) in [6.45, 7) is 23.3. The lowest BCUT2D eigenvalue weighted by atomic mass is 9.80. The number of carbonyl (C=O) groups is 1. The molecule has 0 spiro atoms. The van der Waals surface area contributed by atoms with Crippen LogP contribution in [0.4, 0.5) is 5.82 Å². The quantitative estimate of drug-likeness (QED) is 0.0192. The van der Waals surface area contributed by atoms with Crippen LogP contribution in [0.5, 0.6) is 11.5 Å². The summed E-state index contributed by atoms with van der Waals surface area (Å²) in [5, 5.41) is 12.5. The largest absolute Gasteiger partial charge is 0.497 e. The Morgan fingerprint density at radius 1 is 0.829 bits per heavy atom. The molecular formula is C52H72N7O9PSi. The summed E-state index contributed by atoms with van der Waals surface area (Å²) in [5.74, 6) is 1.35. The Morgan fingerprint density at radius 2 is 1.40 bits per heavy atom. The third kappa shape index (κ3) is 11.7. The molecule has 378 valence electrons. The molecule has 5 atom stereocenters. The van der Waals surface area contributed by atoms with Crippen LogP contribution in [0, 0.1) is 11.3 Å². The Kier molecular flexibility index (Phi) is 19.1. The maximum atomic E-state index is 12.3. The van der Waals surface area contributed by atoms with Crippen LogP contribution < -0.4 is 14.8 Å². The Bertz CT molecular complexity index is 2390. The van der Waals surface area contributed by atoms with Crippen LogP contribution in [0.1, 0.15) is 106 Å². The SMILES string of the molecule is COc1ccc(C(OC[C@H]2O[C@@H](n3cnc4c(NC(C)=O)ncnc43)[C@H](OCO[Si](C(C)C)(C(C)C)C(C)C)[C@@H]2OP(OCCC#N)N(C(C)C)C(C)C)(c2ccccc2)c2ccc(OC)cc2)cc1. The van der Waals surface area contributed by atoms with Crippen molar-refractivity contribution in [1.82, 2.24) is 24.2 Å². The van der Waals surface area contributed by atoms with E-state index in [1.54, 1.807) is 25.1 Å². The van der Waals surface area contributed by atoms with Crippen LogP contribution in [-0.4, -0.2) is 103 Å². The normalized spacial score (nSPS) is 18.1. The molecule has 2 aromatic heterocycles. The second-order valence-corrected chi connectivity index (χ2v) is 25.8. The van der Waals surface area contributed by atoms with Crippen molar-refractivity contribution in [3.8, 4) is 17.6 Å². The van der Waals surface area contributed by atoms with E-state index in [9.17, 15) is 10.1 Å². The predicted molar refractivity (Wildman–Crippen MR) is 274 cm³/mol. The van der Waals surface area contributed by atoms with Crippen molar-refractivity contribution < 1.29 is 42.0 Å². The minimum Gasteiger partial charge on any atom is -0.497 e. The molecule has 1 aliphatic rings. The van der Waals surface area contributed by atoms with Crippen molar-refractivity contribution in [2.75, 3.05) is 39.5 Å². The Morgan fingerprint density at radius 3 is 1.91 bits per heavy atom. The summed E-state index contributed by atoms with van der Waals surface area (Å²) in [6, 6.07) is 28.0. The average molecular weight is 998 g/mol. The first kappa shape index (κ1) is 54.5. The van der Waals surface area contributed by atoms with Crippen molar-refractivity contribution in [1.29, 1.82) is 5.26 Å². The molecule has 3 aromatic carbocycles. The van der Waals surface area contributed by atoms with Gasteiger partial charge in [-0.2, -0.15) is 5.26 Å². The van der Waals surface area contributed by atoms with E-state index in [1.165, 1.54) is 13.3 Å². The van der Waals surface area contributed by atoms with Crippen LogP contribution in [-0.2, 0) is 38.1 Å². The van der Waals surface area contributed by atoms with Gasteiger partial charge in [-0.05, 0) is 85.3 Å². The summed E-state index contributed by atoms with van der Waals surface area (Å²) in [6.07, 6.45) is -0.333. The number of amides is 1. The van der Waals surface area contributed by atoms with Crippen LogP contribution in [0.25, 0.3) is 11.2 Å². The van der Waals surface area contributed by atoms with Crippen molar-refractivity contribution in [2.45, 2.75) is 141 Å². The maximum absolute atomic E-state index is 12.3. The molecule has 0 aliphatic carbocycles. The van der Waals surface area contributed by atoms with Gasteiger partial charge in [0.15, 0.2) is 23.2 Å². The molecule has 16 nitrogen and oxygen atoms in total. The van der Waals surface area contributed by atoms with Crippen LogP contribution >= 0.6 is 8.53 Å². The summed E-state index contributed by atoms with van der Waals surface area (Å²) in [4.78, 5) is 26.1. The first-order valence-corrected chi connectivity index (χ1v) is 27.4. The number of nitrogens with one attached hydrogen (secondary N) is 1. The molecule has 1 unspecified atom stereocenters. The summed E-state index contributed by atoms with van der Waals surface area (Å²) >= 11 is 0. The lowest BCUT2D eigenvalue weighted by molar-refractivity contribution is -0.114. The van der Waals surface area contributed by atoms with Gasteiger partial charge in [0.25, 0.3) is 8.53 Å². The highest BCUT2D eigenvalue weighted by atomic mass is 31.2. The summed E-state index contributed by atoms with van der Waals surface area (Å²) in [7, 11) is -1.01. The molecular weight excluding hydrogens is 926 g/mol. The molecule has 70 heavy (non-hydrogen) atoms. The number of methoxy groups -OCH3 is 2. The second-order valence-electron chi connectivity index (χ2n) is 18.9. The van der Waals surface area contributed by atoms with Gasteiger partial charge in [-0.25, -0.2) is 19.6 Å². The molecule has 0 radical (unpaired) electrons. The third-order valence-corrected chi connectivity index (χ3v) is 21.2. The van der Waals surface area contributed by atoms with Gasteiger partial charge < -0.3 is 42.5 Å². The van der Waals surface area contributed by atoms with Crippen molar-refractivity contribution in [2.24, 2.45) is 0 Å². The van der Waals surface area contributed by atoms with E-state index in [0.29, 0.717) is 22.7 Å². The number of ether oxygens (including phenoxy) is 5. The first-order valence-electron chi connectivity index (χ1n) is 24.1. The molecule has 18 heteroatoms. The number of nitrogens with zero attached hydrogens (tertiary/aromatic N) is 6. The van der Waals surface area contributed by atoms with Gasteiger partial charge in [-0.1, -0.05) is 96.1 Å². The minimum atomic E-state index is -2.45. The van der Waals surface area contributed by atoms with Gasteiger partial charge in [0.1, 0.15) is 48.5 Å². The fraction of sp³-hybridized carbons (Fsp3) is 0.519. The number of rotatable bonds is 25. The van der Waals surface area contributed by atoms with E-state index in [2.05, 4.69) is 95.3 Å². The number of aromatic nitrogens is 4. The molecule has 5 aromatic rings. The number of anilines is 1. The molecule has 0 bridgehead atoms. The van der Waals surface area contributed by atoms with Gasteiger partial charge in [0.2, 0.25) is 14.2 Å².